The lowest BCUT2D eigenvalue weighted by molar-refractivity contribution is 0.509. The second-order valence-corrected chi connectivity index (χ2v) is 4.88. The minimum absolute atomic E-state index is 0.360. The maximum Gasteiger partial charge on any atom is 0.227 e. The Balaban J connectivity index is 1.97. The average molecular weight is 301 g/mol. The standard InChI is InChI=1S/C15H13F2N5/c1-9-6-18-15(20-11-7-19-22(2)8-11)21-14(9)10-3-4-12(16)13(17)5-10/h3-8H,1-2H3,(H,18,20,21). The van der Waals surface area contributed by atoms with Crippen molar-refractivity contribution in [2.45, 2.75) is 6.92 Å². The number of rotatable bonds is 3. The van der Waals surface area contributed by atoms with Gasteiger partial charge in [-0.1, -0.05) is 0 Å². The van der Waals surface area contributed by atoms with Crippen molar-refractivity contribution in [3.05, 3.63) is 54.0 Å². The highest BCUT2D eigenvalue weighted by Gasteiger charge is 2.10. The van der Waals surface area contributed by atoms with E-state index in [1.807, 2.05) is 6.92 Å². The Morgan fingerprint density at radius 3 is 2.64 bits per heavy atom. The van der Waals surface area contributed by atoms with Gasteiger partial charge in [0, 0.05) is 25.0 Å². The zero-order valence-electron chi connectivity index (χ0n) is 12.0. The van der Waals surface area contributed by atoms with Crippen molar-refractivity contribution < 1.29 is 8.78 Å². The average Bonchev–Trinajstić information content (AvgIpc) is 2.89. The van der Waals surface area contributed by atoms with Gasteiger partial charge in [-0.25, -0.2) is 18.7 Å². The molecule has 22 heavy (non-hydrogen) atoms. The summed E-state index contributed by atoms with van der Waals surface area (Å²) in [5, 5.41) is 7.05. The monoisotopic (exact) mass is 301 g/mol. The molecule has 3 rings (SSSR count). The topological polar surface area (TPSA) is 55.6 Å². The minimum atomic E-state index is -0.905. The zero-order chi connectivity index (χ0) is 15.7. The van der Waals surface area contributed by atoms with E-state index in [2.05, 4.69) is 20.4 Å². The lowest BCUT2D eigenvalue weighted by Crippen LogP contribution is -2.00. The van der Waals surface area contributed by atoms with E-state index >= 15 is 0 Å². The van der Waals surface area contributed by atoms with E-state index in [9.17, 15) is 8.78 Å². The van der Waals surface area contributed by atoms with E-state index in [1.165, 1.54) is 6.07 Å². The van der Waals surface area contributed by atoms with E-state index in [0.717, 1.165) is 23.4 Å². The molecule has 0 aliphatic carbocycles. The van der Waals surface area contributed by atoms with Crippen molar-refractivity contribution in [1.29, 1.82) is 0 Å². The fraction of sp³-hybridized carbons (Fsp3) is 0.133. The van der Waals surface area contributed by atoms with E-state index in [-0.39, 0.29) is 0 Å². The Labute approximate surface area is 125 Å². The predicted octanol–water partition coefficient (Wildman–Crippen LogP) is 3.21. The molecule has 0 unspecified atom stereocenters. The van der Waals surface area contributed by atoms with Crippen LogP contribution in [0.4, 0.5) is 20.4 Å². The number of aromatic nitrogens is 4. The molecule has 1 N–H and O–H groups in total. The lowest BCUT2D eigenvalue weighted by atomic mass is 10.1. The molecule has 2 heterocycles. The smallest absolute Gasteiger partial charge is 0.227 e. The van der Waals surface area contributed by atoms with Crippen LogP contribution in [0.25, 0.3) is 11.3 Å². The third-order valence-corrected chi connectivity index (χ3v) is 3.13. The van der Waals surface area contributed by atoms with Gasteiger partial charge in [-0.2, -0.15) is 5.10 Å². The van der Waals surface area contributed by atoms with Crippen LogP contribution in [0.1, 0.15) is 5.56 Å². The summed E-state index contributed by atoms with van der Waals surface area (Å²) in [7, 11) is 1.80. The number of benzene rings is 1. The van der Waals surface area contributed by atoms with Gasteiger partial charge in [-0.3, -0.25) is 4.68 Å². The van der Waals surface area contributed by atoms with Crippen LogP contribution >= 0.6 is 0 Å². The molecule has 0 saturated carbocycles. The molecule has 3 aromatic rings. The van der Waals surface area contributed by atoms with Gasteiger partial charge in [-0.05, 0) is 30.7 Å². The third kappa shape index (κ3) is 2.78. The second-order valence-electron chi connectivity index (χ2n) is 4.88. The summed E-state index contributed by atoms with van der Waals surface area (Å²) in [5.74, 6) is -1.43. The Morgan fingerprint density at radius 1 is 1.14 bits per heavy atom. The molecule has 0 atom stereocenters. The zero-order valence-corrected chi connectivity index (χ0v) is 12.0. The molecule has 5 nitrogen and oxygen atoms in total. The van der Waals surface area contributed by atoms with Crippen molar-refractivity contribution in [1.82, 2.24) is 19.7 Å². The van der Waals surface area contributed by atoms with Gasteiger partial charge in [0.2, 0.25) is 5.95 Å². The van der Waals surface area contributed by atoms with Gasteiger partial charge in [0.05, 0.1) is 17.6 Å². The molecule has 0 bridgehead atoms. The van der Waals surface area contributed by atoms with Crippen molar-refractivity contribution in [2.75, 3.05) is 5.32 Å². The minimum Gasteiger partial charge on any atom is -0.321 e. The van der Waals surface area contributed by atoms with Crippen LogP contribution in [0.2, 0.25) is 0 Å². The van der Waals surface area contributed by atoms with E-state index in [0.29, 0.717) is 17.2 Å². The van der Waals surface area contributed by atoms with Gasteiger partial charge in [-0.15, -0.1) is 0 Å². The summed E-state index contributed by atoms with van der Waals surface area (Å²) < 4.78 is 28.1. The highest BCUT2D eigenvalue weighted by atomic mass is 19.2. The molecule has 2 aromatic heterocycles. The quantitative estimate of drug-likeness (QED) is 0.807. The number of anilines is 2. The number of nitrogens with one attached hydrogen (secondary N) is 1. The summed E-state index contributed by atoms with van der Waals surface area (Å²) in [6, 6.07) is 3.69. The molecule has 0 saturated heterocycles. The molecule has 7 heteroatoms. The number of hydrogen-bond donors (Lipinski definition) is 1. The summed E-state index contributed by atoms with van der Waals surface area (Å²) in [6.07, 6.45) is 5.04. The van der Waals surface area contributed by atoms with Crippen molar-refractivity contribution >= 4 is 11.6 Å². The fourth-order valence-electron chi connectivity index (χ4n) is 2.05. The Morgan fingerprint density at radius 2 is 1.95 bits per heavy atom. The largest absolute Gasteiger partial charge is 0.321 e. The van der Waals surface area contributed by atoms with Crippen molar-refractivity contribution in [3.8, 4) is 11.3 Å². The van der Waals surface area contributed by atoms with Crippen LogP contribution in [-0.2, 0) is 7.05 Å². The summed E-state index contributed by atoms with van der Waals surface area (Å²) in [6.45, 7) is 1.81. The highest BCUT2D eigenvalue weighted by molar-refractivity contribution is 5.65. The highest BCUT2D eigenvalue weighted by Crippen LogP contribution is 2.24. The van der Waals surface area contributed by atoms with Crippen LogP contribution in [-0.4, -0.2) is 19.7 Å². The SMILES string of the molecule is Cc1cnc(Nc2cnn(C)c2)nc1-c1ccc(F)c(F)c1. The fourth-order valence-corrected chi connectivity index (χ4v) is 2.05. The van der Waals surface area contributed by atoms with Gasteiger partial charge in [0.1, 0.15) is 0 Å². The Hall–Kier alpha value is -2.83. The molecule has 1 aromatic carbocycles. The van der Waals surface area contributed by atoms with Crippen LogP contribution in [0, 0.1) is 18.6 Å². The summed E-state index contributed by atoms with van der Waals surface area (Å²) >= 11 is 0. The van der Waals surface area contributed by atoms with Crippen molar-refractivity contribution in [2.24, 2.45) is 7.05 Å². The van der Waals surface area contributed by atoms with Crippen LogP contribution in [0.15, 0.2) is 36.8 Å². The van der Waals surface area contributed by atoms with Crippen LogP contribution in [0.3, 0.4) is 0 Å². The third-order valence-electron chi connectivity index (χ3n) is 3.13. The normalized spacial score (nSPS) is 10.7. The maximum atomic E-state index is 13.4. The van der Waals surface area contributed by atoms with Crippen LogP contribution in [0.5, 0.6) is 0 Å². The Bertz CT molecular complexity index is 829. The Kier molecular flexibility index (Phi) is 3.54. The second kappa shape index (κ2) is 5.51. The number of aryl methyl sites for hydroxylation is 2. The number of hydrogen-bond acceptors (Lipinski definition) is 4. The summed E-state index contributed by atoms with van der Waals surface area (Å²) in [4.78, 5) is 8.55. The summed E-state index contributed by atoms with van der Waals surface area (Å²) in [5.41, 5.74) is 2.54. The first kappa shape index (κ1) is 14.1. The van der Waals surface area contributed by atoms with E-state index in [1.54, 1.807) is 30.3 Å². The molecular weight excluding hydrogens is 288 g/mol. The van der Waals surface area contributed by atoms with Crippen molar-refractivity contribution in [3.63, 3.8) is 0 Å². The first-order valence-corrected chi connectivity index (χ1v) is 6.57. The van der Waals surface area contributed by atoms with Gasteiger partial charge >= 0.3 is 0 Å². The lowest BCUT2D eigenvalue weighted by Gasteiger charge is -2.08. The first-order valence-electron chi connectivity index (χ1n) is 6.57. The molecule has 0 aliphatic heterocycles. The molecule has 0 spiro atoms. The molecular formula is C15H13F2N5. The van der Waals surface area contributed by atoms with Gasteiger partial charge < -0.3 is 5.32 Å². The van der Waals surface area contributed by atoms with E-state index in [4.69, 9.17) is 0 Å². The van der Waals surface area contributed by atoms with Gasteiger partial charge in [0.15, 0.2) is 11.6 Å². The maximum absolute atomic E-state index is 13.4. The van der Waals surface area contributed by atoms with Crippen LogP contribution < -0.4 is 5.32 Å². The van der Waals surface area contributed by atoms with E-state index < -0.39 is 11.6 Å². The number of halogens is 2. The molecule has 0 aliphatic rings. The first-order chi connectivity index (χ1) is 10.5. The molecule has 112 valence electrons. The molecule has 0 fully saturated rings. The molecule has 0 amide bonds. The number of nitrogens with zero attached hydrogens (tertiary/aromatic N) is 4. The predicted molar refractivity (Wildman–Crippen MR) is 78.6 cm³/mol. The van der Waals surface area contributed by atoms with Gasteiger partial charge in [0.25, 0.3) is 0 Å². The molecule has 0 radical (unpaired) electrons.